The predicted octanol–water partition coefficient (Wildman–Crippen LogP) is 4.27. The highest BCUT2D eigenvalue weighted by atomic mass is 16.2. The average Bonchev–Trinajstić information content (AvgIpc) is 2.76. The van der Waals surface area contributed by atoms with Crippen LogP contribution in [-0.4, -0.2) is 17.9 Å². The molecule has 1 fully saturated rings. The first kappa shape index (κ1) is 20.1. The molecule has 0 aliphatic heterocycles. The fourth-order valence-corrected chi connectivity index (χ4v) is 1.13. The van der Waals surface area contributed by atoms with Crippen LogP contribution in [0.3, 0.4) is 0 Å². The van der Waals surface area contributed by atoms with E-state index in [9.17, 15) is 0 Å². The molecule has 0 atom stereocenters. The Morgan fingerprint density at radius 2 is 1.47 bits per heavy atom. The number of aliphatic hydroxyl groups is 1. The van der Waals surface area contributed by atoms with Crippen molar-refractivity contribution in [2.45, 2.75) is 66.7 Å². The minimum absolute atomic E-state index is 0.755. The molecule has 0 aromatic rings. The molecule has 0 bridgehead atoms. The summed E-state index contributed by atoms with van der Waals surface area (Å²) >= 11 is 0. The van der Waals surface area contributed by atoms with Crippen LogP contribution in [0.4, 0.5) is 0 Å². The Labute approximate surface area is 96.6 Å². The van der Waals surface area contributed by atoms with Gasteiger partial charge in [-0.15, -0.1) is 0 Å². The molecule has 2 heteroatoms. The lowest BCUT2D eigenvalue weighted by atomic mass is 10.2. The van der Waals surface area contributed by atoms with Gasteiger partial charge >= 0.3 is 0 Å². The van der Waals surface area contributed by atoms with Gasteiger partial charge in [0.15, 0.2) is 0 Å². The fraction of sp³-hybridized carbons (Fsp3) is 0.923. The number of nitrogens with one attached hydrogen (secondary N) is 1. The summed E-state index contributed by atoms with van der Waals surface area (Å²) in [5.74, 6) is 1.05. The summed E-state index contributed by atoms with van der Waals surface area (Å²) in [5, 5.41) is 13.7. The van der Waals surface area contributed by atoms with Crippen LogP contribution in [0.5, 0.6) is 0 Å². The lowest BCUT2D eigenvalue weighted by molar-refractivity contribution is 0.399. The molecule has 0 saturated heterocycles. The van der Waals surface area contributed by atoms with Gasteiger partial charge in [0.2, 0.25) is 0 Å². The first-order valence-electron chi connectivity index (χ1n) is 6.15. The Morgan fingerprint density at radius 1 is 1.20 bits per heavy atom. The summed E-state index contributed by atoms with van der Waals surface area (Å²) in [4.78, 5) is 0. The highest BCUT2D eigenvalue weighted by Crippen LogP contribution is 2.22. The zero-order valence-corrected chi connectivity index (χ0v) is 11.6. The second-order valence-electron chi connectivity index (χ2n) is 3.52. The van der Waals surface area contributed by atoms with E-state index in [4.69, 9.17) is 10.5 Å². The van der Waals surface area contributed by atoms with Gasteiger partial charge in [-0.1, -0.05) is 53.4 Å². The number of hydrogen-bond acceptors (Lipinski definition) is 2. The van der Waals surface area contributed by atoms with E-state index in [1.807, 2.05) is 20.8 Å². The van der Waals surface area contributed by atoms with Crippen LogP contribution >= 0.6 is 0 Å². The summed E-state index contributed by atoms with van der Waals surface area (Å²) in [7, 11) is 1.00. The van der Waals surface area contributed by atoms with E-state index < -0.39 is 0 Å². The Bertz CT molecular complexity index is 107. The van der Waals surface area contributed by atoms with Gasteiger partial charge in [-0.05, 0) is 19.3 Å². The van der Waals surface area contributed by atoms with Gasteiger partial charge in [0, 0.05) is 12.8 Å². The van der Waals surface area contributed by atoms with Crippen LogP contribution in [-0.2, 0) is 0 Å². The highest BCUT2D eigenvalue weighted by molar-refractivity contribution is 5.77. The molecular formula is C13H31NO. The predicted molar refractivity (Wildman–Crippen MR) is 70.8 cm³/mol. The number of aliphatic hydroxyl groups excluding tert-OH is 1. The molecule has 0 amide bonds. The molecule has 1 aliphatic rings. The maximum atomic E-state index is 7.00. The van der Waals surface area contributed by atoms with Gasteiger partial charge < -0.3 is 10.5 Å². The molecule has 0 unspecified atom stereocenters. The summed E-state index contributed by atoms with van der Waals surface area (Å²) in [5.41, 5.74) is 0.755. The van der Waals surface area contributed by atoms with Gasteiger partial charge in [-0.25, -0.2) is 0 Å². The van der Waals surface area contributed by atoms with Crippen LogP contribution < -0.4 is 0 Å². The van der Waals surface area contributed by atoms with E-state index in [1.165, 1.54) is 25.7 Å². The third-order valence-electron chi connectivity index (χ3n) is 2.17. The molecule has 0 aromatic carbocycles. The van der Waals surface area contributed by atoms with Crippen molar-refractivity contribution in [3.63, 3.8) is 0 Å². The first-order chi connectivity index (χ1) is 7.16. The summed E-state index contributed by atoms with van der Waals surface area (Å²) in [6, 6.07) is 0. The van der Waals surface area contributed by atoms with Crippen molar-refractivity contribution >= 4 is 5.71 Å². The van der Waals surface area contributed by atoms with Crippen molar-refractivity contribution in [1.29, 1.82) is 5.41 Å². The van der Waals surface area contributed by atoms with E-state index in [2.05, 4.69) is 6.92 Å². The Kier molecular flexibility index (Phi) is 25.8. The van der Waals surface area contributed by atoms with E-state index in [0.717, 1.165) is 25.2 Å². The van der Waals surface area contributed by atoms with Crippen molar-refractivity contribution in [2.75, 3.05) is 7.11 Å². The molecule has 0 aromatic heterocycles. The third-order valence-corrected chi connectivity index (χ3v) is 2.17. The minimum Gasteiger partial charge on any atom is -0.400 e. The molecule has 15 heavy (non-hydrogen) atoms. The minimum atomic E-state index is 0.755. The largest absolute Gasteiger partial charge is 0.400 e. The van der Waals surface area contributed by atoms with Crippen molar-refractivity contribution < 1.29 is 5.11 Å². The quantitative estimate of drug-likeness (QED) is 0.633. The molecular weight excluding hydrogens is 186 g/mol. The van der Waals surface area contributed by atoms with E-state index in [1.54, 1.807) is 6.92 Å². The molecule has 1 saturated carbocycles. The van der Waals surface area contributed by atoms with Crippen molar-refractivity contribution in [3.8, 4) is 0 Å². The van der Waals surface area contributed by atoms with Crippen LogP contribution in [0.15, 0.2) is 0 Å². The monoisotopic (exact) mass is 217 g/mol. The molecule has 94 valence electrons. The van der Waals surface area contributed by atoms with Gasteiger partial charge in [0.05, 0.1) is 0 Å². The Hall–Kier alpha value is -0.370. The Morgan fingerprint density at radius 3 is 1.53 bits per heavy atom. The smallest absolute Gasteiger partial charge is 0.0319 e. The van der Waals surface area contributed by atoms with Crippen LogP contribution in [0.2, 0.25) is 0 Å². The summed E-state index contributed by atoms with van der Waals surface area (Å²) in [6.45, 7) is 10.1. The maximum Gasteiger partial charge on any atom is 0.0319 e. The number of hydrogen-bond donors (Lipinski definition) is 2. The lowest BCUT2D eigenvalue weighted by Gasteiger charge is -1.91. The molecule has 1 rings (SSSR count). The maximum absolute atomic E-state index is 7.00. The topological polar surface area (TPSA) is 44.1 Å². The van der Waals surface area contributed by atoms with Gasteiger partial charge in [-0.3, -0.25) is 0 Å². The Balaban J connectivity index is -0.000000146. The van der Waals surface area contributed by atoms with E-state index in [0.29, 0.717) is 0 Å². The first-order valence-corrected chi connectivity index (χ1v) is 6.15. The molecule has 0 heterocycles. The zero-order valence-electron chi connectivity index (χ0n) is 11.6. The second kappa shape index (κ2) is 19.2. The summed E-state index contributed by atoms with van der Waals surface area (Å²) in [6.07, 6.45) is 6.84. The molecule has 0 spiro atoms. The van der Waals surface area contributed by atoms with Crippen LogP contribution in [0.1, 0.15) is 66.7 Å². The normalized spacial score (nSPS) is 13.5. The van der Waals surface area contributed by atoms with E-state index in [-0.39, 0.29) is 0 Å². The number of rotatable bonds is 1. The van der Waals surface area contributed by atoms with Gasteiger partial charge in [0.1, 0.15) is 0 Å². The molecule has 1 aliphatic carbocycles. The highest BCUT2D eigenvalue weighted by Gasteiger charge is 2.07. The van der Waals surface area contributed by atoms with Gasteiger partial charge in [0.25, 0.3) is 0 Å². The molecule has 0 radical (unpaired) electrons. The van der Waals surface area contributed by atoms with E-state index >= 15 is 0 Å². The van der Waals surface area contributed by atoms with Crippen LogP contribution in [0, 0.1) is 11.3 Å². The standard InChI is InChI=1S/C6H12.C4H9N.C2H6.CH4O/c1-6-4-2-3-5-6;1-3-4(2)5;2*1-2/h6H,2-5H2,1H3;5H,3H2,1-2H3;1-2H3;2H,1H3. The molecule has 2 nitrogen and oxygen atoms in total. The average molecular weight is 217 g/mol. The van der Waals surface area contributed by atoms with Crippen molar-refractivity contribution in [1.82, 2.24) is 0 Å². The SMILES string of the molecule is CC.CC1CCCC1.CCC(C)=N.CO. The third kappa shape index (κ3) is 24.8. The van der Waals surface area contributed by atoms with Crippen LogP contribution in [0.25, 0.3) is 0 Å². The molecule has 2 N–H and O–H groups in total. The van der Waals surface area contributed by atoms with Gasteiger partial charge in [-0.2, -0.15) is 0 Å². The second-order valence-corrected chi connectivity index (χ2v) is 3.52. The lowest BCUT2D eigenvalue weighted by Crippen LogP contribution is -1.78. The fourth-order valence-electron chi connectivity index (χ4n) is 1.13. The summed E-state index contributed by atoms with van der Waals surface area (Å²) < 4.78 is 0. The zero-order chi connectivity index (χ0) is 12.7. The van der Waals surface area contributed by atoms with Crippen molar-refractivity contribution in [3.05, 3.63) is 0 Å². The van der Waals surface area contributed by atoms with Crippen molar-refractivity contribution in [2.24, 2.45) is 5.92 Å².